The summed E-state index contributed by atoms with van der Waals surface area (Å²) in [5.74, 6) is 1.74. The molecule has 0 aliphatic heterocycles. The van der Waals surface area contributed by atoms with Crippen LogP contribution >= 0.6 is 0 Å². The normalized spacial score (nSPS) is 18.2. The minimum Gasteiger partial charge on any atom is -0.366 e. The zero-order chi connectivity index (χ0) is 29.6. The third kappa shape index (κ3) is 6.75. The highest BCUT2D eigenvalue weighted by atomic mass is 16.2. The van der Waals surface area contributed by atoms with Crippen LogP contribution in [0.15, 0.2) is 67.3 Å². The minimum absolute atomic E-state index is 0.0108. The molecule has 3 N–H and O–H groups in total. The van der Waals surface area contributed by atoms with Gasteiger partial charge in [0.15, 0.2) is 0 Å². The molecule has 1 aromatic carbocycles. The van der Waals surface area contributed by atoms with Crippen molar-refractivity contribution in [1.82, 2.24) is 30.0 Å². The molecule has 43 heavy (non-hydrogen) atoms. The van der Waals surface area contributed by atoms with Gasteiger partial charge in [-0.15, -0.1) is 0 Å². The van der Waals surface area contributed by atoms with Gasteiger partial charge in [-0.25, -0.2) is 14.8 Å². The van der Waals surface area contributed by atoms with Gasteiger partial charge in [-0.2, -0.15) is 15.3 Å². The van der Waals surface area contributed by atoms with Gasteiger partial charge in [-0.1, -0.05) is 30.3 Å². The van der Waals surface area contributed by atoms with E-state index in [0.29, 0.717) is 35.7 Å². The molecule has 2 aliphatic carbocycles. The predicted molar refractivity (Wildman–Crippen MR) is 165 cm³/mol. The smallest absolute Gasteiger partial charge is 0.323 e. The number of aryl methyl sites for hydroxylation is 1. The van der Waals surface area contributed by atoms with E-state index in [9.17, 15) is 10.1 Å². The van der Waals surface area contributed by atoms with Crippen LogP contribution in [0.4, 0.5) is 22.4 Å². The number of rotatable bonds is 9. The Morgan fingerprint density at radius 3 is 2.40 bits per heavy atom. The van der Waals surface area contributed by atoms with E-state index in [1.165, 1.54) is 6.42 Å². The molecule has 0 unspecified atom stereocenters. The first-order valence-corrected chi connectivity index (χ1v) is 14.9. The Balaban J connectivity index is 1.14. The van der Waals surface area contributed by atoms with Gasteiger partial charge in [-0.05, 0) is 62.6 Å². The summed E-state index contributed by atoms with van der Waals surface area (Å²) in [4.78, 5) is 29.2. The minimum atomic E-state index is -0.163. The molecule has 11 heteroatoms. The van der Waals surface area contributed by atoms with Gasteiger partial charge < -0.3 is 16.0 Å². The van der Waals surface area contributed by atoms with Crippen LogP contribution in [0.3, 0.4) is 0 Å². The predicted octanol–water partition coefficient (Wildman–Crippen LogP) is 5.25. The van der Waals surface area contributed by atoms with E-state index in [0.717, 1.165) is 55.2 Å². The molecule has 0 saturated heterocycles. The lowest BCUT2D eigenvalue weighted by Gasteiger charge is -2.36. The van der Waals surface area contributed by atoms with Crippen molar-refractivity contribution < 1.29 is 4.79 Å². The van der Waals surface area contributed by atoms with Crippen LogP contribution in [0.1, 0.15) is 56.1 Å². The van der Waals surface area contributed by atoms with Crippen molar-refractivity contribution in [2.45, 2.75) is 69.6 Å². The summed E-state index contributed by atoms with van der Waals surface area (Å²) in [6, 6.07) is 16.4. The van der Waals surface area contributed by atoms with Crippen molar-refractivity contribution >= 4 is 23.6 Å². The fourth-order valence-electron chi connectivity index (χ4n) is 5.64. The summed E-state index contributed by atoms with van der Waals surface area (Å²) in [6.07, 6.45) is 13.8. The first-order chi connectivity index (χ1) is 21.1. The number of carbonyl (C=O) groups is 1. The number of aromatic nitrogens is 5. The standard InChI is InChI=1S/C32H36N10O/c1-41-21-25(20-37-41)23-10-15-29(34-18-23)42(32(43)36-17-22-6-3-2-4-7-22)28-13-11-27(12-14-28)39-31-35-19-24(16-33)30(40-31)38-26-8-5-9-26/h2-4,6-7,10,15,18-21,26-28H,5,8-9,11-14,17H2,1H3,(H,36,43)(H2,35,38,39,40). The topological polar surface area (TPSA) is 137 Å². The quantitative estimate of drug-likeness (QED) is 0.246. The van der Waals surface area contributed by atoms with Crippen LogP contribution in [0.2, 0.25) is 0 Å². The summed E-state index contributed by atoms with van der Waals surface area (Å²) in [7, 11) is 1.88. The monoisotopic (exact) mass is 576 g/mol. The van der Waals surface area contributed by atoms with Crippen molar-refractivity contribution in [3.05, 3.63) is 78.4 Å². The second-order valence-electron chi connectivity index (χ2n) is 11.3. The summed E-state index contributed by atoms with van der Waals surface area (Å²) < 4.78 is 1.76. The first kappa shape index (κ1) is 28.2. The van der Waals surface area contributed by atoms with Gasteiger partial charge in [0, 0.05) is 55.2 Å². The molecular weight excluding hydrogens is 540 g/mol. The molecule has 11 nitrogen and oxygen atoms in total. The highest BCUT2D eigenvalue weighted by molar-refractivity contribution is 5.91. The van der Waals surface area contributed by atoms with Gasteiger partial charge in [0.2, 0.25) is 5.95 Å². The number of hydrogen-bond acceptors (Lipinski definition) is 8. The fraction of sp³-hybridized carbons (Fsp3) is 0.375. The van der Waals surface area contributed by atoms with Gasteiger partial charge in [0.25, 0.3) is 0 Å². The highest BCUT2D eigenvalue weighted by Crippen LogP contribution is 2.30. The van der Waals surface area contributed by atoms with Crippen LogP contribution in [-0.2, 0) is 13.6 Å². The summed E-state index contributed by atoms with van der Waals surface area (Å²) in [5, 5.41) is 23.7. The number of nitrogens with one attached hydrogen (secondary N) is 3. The number of hydrogen-bond donors (Lipinski definition) is 3. The summed E-state index contributed by atoms with van der Waals surface area (Å²) in [5.41, 5.74) is 3.42. The van der Waals surface area contributed by atoms with E-state index in [2.05, 4.69) is 37.1 Å². The maximum absolute atomic E-state index is 13.7. The number of anilines is 3. The molecular formula is C32H36N10O. The lowest BCUT2D eigenvalue weighted by atomic mass is 9.90. The Hall–Kier alpha value is -4.98. The number of amides is 2. The maximum atomic E-state index is 13.7. The zero-order valence-electron chi connectivity index (χ0n) is 24.3. The number of nitrogens with zero attached hydrogens (tertiary/aromatic N) is 7. The van der Waals surface area contributed by atoms with Crippen molar-refractivity contribution in [3.8, 4) is 17.2 Å². The van der Waals surface area contributed by atoms with E-state index in [-0.39, 0.29) is 18.1 Å². The molecule has 3 heterocycles. The molecule has 6 rings (SSSR count). The number of nitriles is 1. The molecule has 220 valence electrons. The number of pyridine rings is 1. The number of carbonyl (C=O) groups excluding carboxylic acids is 1. The Labute approximate surface area is 251 Å². The average Bonchev–Trinajstić information content (AvgIpc) is 3.46. The summed E-state index contributed by atoms with van der Waals surface area (Å²) in [6.45, 7) is 0.439. The van der Waals surface area contributed by atoms with Crippen LogP contribution in [0.25, 0.3) is 11.1 Å². The molecule has 2 amide bonds. The number of benzene rings is 1. The third-order valence-electron chi connectivity index (χ3n) is 8.29. The van der Waals surface area contributed by atoms with Crippen LogP contribution in [0, 0.1) is 11.3 Å². The second kappa shape index (κ2) is 12.9. The Kier molecular flexibility index (Phi) is 8.45. The Bertz CT molecular complexity index is 1570. The lowest BCUT2D eigenvalue weighted by molar-refractivity contribution is 0.240. The van der Waals surface area contributed by atoms with Crippen molar-refractivity contribution in [2.75, 3.05) is 15.5 Å². The number of urea groups is 1. The fourth-order valence-corrected chi connectivity index (χ4v) is 5.64. The molecule has 2 saturated carbocycles. The van der Waals surface area contributed by atoms with E-state index in [4.69, 9.17) is 4.98 Å². The molecule has 0 atom stereocenters. The highest BCUT2D eigenvalue weighted by Gasteiger charge is 2.31. The Morgan fingerprint density at radius 1 is 0.953 bits per heavy atom. The third-order valence-corrected chi connectivity index (χ3v) is 8.29. The van der Waals surface area contributed by atoms with Gasteiger partial charge in [-0.3, -0.25) is 9.58 Å². The molecule has 2 aliphatic rings. The largest absolute Gasteiger partial charge is 0.366 e. The van der Waals surface area contributed by atoms with Crippen molar-refractivity contribution in [1.29, 1.82) is 5.26 Å². The molecule has 0 radical (unpaired) electrons. The van der Waals surface area contributed by atoms with Crippen molar-refractivity contribution in [3.63, 3.8) is 0 Å². The van der Waals surface area contributed by atoms with Gasteiger partial charge in [0.05, 0.1) is 12.4 Å². The molecule has 3 aromatic heterocycles. The van der Waals surface area contributed by atoms with E-state index < -0.39 is 0 Å². The van der Waals surface area contributed by atoms with Gasteiger partial charge in [0.1, 0.15) is 23.3 Å². The Morgan fingerprint density at radius 2 is 1.74 bits per heavy atom. The van der Waals surface area contributed by atoms with E-state index >= 15 is 0 Å². The average molecular weight is 577 g/mol. The first-order valence-electron chi connectivity index (χ1n) is 14.9. The van der Waals surface area contributed by atoms with Gasteiger partial charge >= 0.3 is 6.03 Å². The maximum Gasteiger partial charge on any atom is 0.323 e. The molecule has 2 fully saturated rings. The van der Waals surface area contributed by atoms with Crippen molar-refractivity contribution in [2.24, 2.45) is 7.05 Å². The molecule has 4 aromatic rings. The molecule has 0 bridgehead atoms. The SMILES string of the molecule is Cn1cc(-c2ccc(N(C(=O)NCc3ccccc3)C3CCC(Nc4ncc(C#N)c(NC5CCC5)n4)CC3)nc2)cn1. The van der Waals surface area contributed by atoms with Crippen LogP contribution < -0.4 is 20.9 Å². The van der Waals surface area contributed by atoms with E-state index in [1.54, 1.807) is 23.3 Å². The lowest BCUT2D eigenvalue weighted by Crippen LogP contribution is -2.49. The molecule has 0 spiro atoms. The zero-order valence-corrected chi connectivity index (χ0v) is 24.3. The second-order valence-corrected chi connectivity index (χ2v) is 11.3. The van der Waals surface area contributed by atoms with Crippen LogP contribution in [0.5, 0.6) is 0 Å². The summed E-state index contributed by atoms with van der Waals surface area (Å²) >= 11 is 0. The van der Waals surface area contributed by atoms with E-state index in [1.807, 2.05) is 60.6 Å². The van der Waals surface area contributed by atoms with Crippen LogP contribution in [-0.4, -0.2) is 48.9 Å².